The van der Waals surface area contributed by atoms with E-state index in [4.69, 9.17) is 11.6 Å². The Balaban J connectivity index is 1.85. The third kappa shape index (κ3) is 2.37. The van der Waals surface area contributed by atoms with Crippen LogP contribution in [0.25, 0.3) is 10.9 Å². The molecule has 3 rings (SSSR count). The molecule has 0 radical (unpaired) electrons. The molecule has 0 atom stereocenters. The van der Waals surface area contributed by atoms with E-state index in [0.717, 1.165) is 32.9 Å². The molecule has 3 aromatic rings. The first-order chi connectivity index (χ1) is 9.65. The van der Waals surface area contributed by atoms with E-state index in [9.17, 15) is 4.39 Å². The van der Waals surface area contributed by atoms with Crippen LogP contribution in [0.1, 0.15) is 11.3 Å². The fourth-order valence-electron chi connectivity index (χ4n) is 2.29. The first-order valence-corrected chi connectivity index (χ1v) is 6.78. The second-order valence-electron chi connectivity index (χ2n) is 4.78. The van der Waals surface area contributed by atoms with Gasteiger partial charge in [0, 0.05) is 16.6 Å². The van der Waals surface area contributed by atoms with Crippen molar-refractivity contribution in [3.8, 4) is 0 Å². The van der Waals surface area contributed by atoms with Crippen molar-refractivity contribution in [2.45, 2.75) is 13.5 Å². The molecule has 2 aromatic carbocycles. The van der Waals surface area contributed by atoms with Crippen LogP contribution in [-0.2, 0) is 6.54 Å². The SMILES string of the molecule is Cc1cc(F)ccc1NCc1[nH]c2ccccc2c1Cl. The van der Waals surface area contributed by atoms with Crippen molar-refractivity contribution in [3.05, 3.63) is 64.6 Å². The Hall–Kier alpha value is -2.00. The van der Waals surface area contributed by atoms with Crippen LogP contribution in [0.5, 0.6) is 0 Å². The average Bonchev–Trinajstić information content (AvgIpc) is 2.75. The van der Waals surface area contributed by atoms with Crippen molar-refractivity contribution in [1.82, 2.24) is 4.98 Å². The van der Waals surface area contributed by atoms with Crippen molar-refractivity contribution in [2.75, 3.05) is 5.32 Å². The predicted molar refractivity (Wildman–Crippen MR) is 81.8 cm³/mol. The van der Waals surface area contributed by atoms with E-state index >= 15 is 0 Å². The van der Waals surface area contributed by atoms with Crippen LogP contribution in [0.2, 0.25) is 5.02 Å². The highest BCUT2D eigenvalue weighted by molar-refractivity contribution is 6.36. The van der Waals surface area contributed by atoms with Gasteiger partial charge in [0.1, 0.15) is 5.82 Å². The second-order valence-corrected chi connectivity index (χ2v) is 5.15. The summed E-state index contributed by atoms with van der Waals surface area (Å²) in [6.07, 6.45) is 0. The molecular weight excluding hydrogens is 275 g/mol. The van der Waals surface area contributed by atoms with Crippen molar-refractivity contribution in [1.29, 1.82) is 0 Å². The van der Waals surface area contributed by atoms with Gasteiger partial charge in [0.15, 0.2) is 0 Å². The number of aromatic nitrogens is 1. The van der Waals surface area contributed by atoms with Gasteiger partial charge in [-0.15, -0.1) is 0 Å². The topological polar surface area (TPSA) is 27.8 Å². The van der Waals surface area contributed by atoms with Crippen LogP contribution in [0.3, 0.4) is 0 Å². The van der Waals surface area contributed by atoms with Crippen LogP contribution in [0.4, 0.5) is 10.1 Å². The Morgan fingerprint density at radius 2 is 2.00 bits per heavy atom. The molecule has 4 heteroatoms. The number of para-hydroxylation sites is 1. The maximum atomic E-state index is 13.1. The van der Waals surface area contributed by atoms with Gasteiger partial charge in [0.05, 0.1) is 17.3 Å². The van der Waals surface area contributed by atoms with Gasteiger partial charge in [0.25, 0.3) is 0 Å². The standard InChI is InChI=1S/C16H14ClFN2/c1-10-8-11(18)6-7-13(10)19-9-15-16(17)12-4-2-3-5-14(12)20-15/h2-8,19-20H,9H2,1H3. The number of aromatic amines is 1. The van der Waals surface area contributed by atoms with E-state index < -0.39 is 0 Å². The lowest BCUT2D eigenvalue weighted by molar-refractivity contribution is 0.627. The lowest BCUT2D eigenvalue weighted by Crippen LogP contribution is -2.02. The molecule has 0 aliphatic carbocycles. The number of aryl methyl sites for hydroxylation is 1. The molecule has 102 valence electrons. The normalized spacial score (nSPS) is 10.9. The Morgan fingerprint density at radius 3 is 2.75 bits per heavy atom. The van der Waals surface area contributed by atoms with E-state index in [1.54, 1.807) is 6.07 Å². The van der Waals surface area contributed by atoms with Crippen LogP contribution >= 0.6 is 11.6 Å². The third-order valence-corrected chi connectivity index (χ3v) is 3.79. The fourth-order valence-corrected chi connectivity index (χ4v) is 2.57. The van der Waals surface area contributed by atoms with Crippen LogP contribution in [0, 0.1) is 12.7 Å². The molecule has 0 saturated carbocycles. The Labute approximate surface area is 121 Å². The van der Waals surface area contributed by atoms with Gasteiger partial charge >= 0.3 is 0 Å². The fraction of sp³-hybridized carbons (Fsp3) is 0.125. The van der Waals surface area contributed by atoms with Gasteiger partial charge in [-0.3, -0.25) is 0 Å². The highest BCUT2D eigenvalue weighted by Crippen LogP contribution is 2.28. The van der Waals surface area contributed by atoms with E-state index in [1.807, 2.05) is 31.2 Å². The average molecular weight is 289 g/mol. The highest BCUT2D eigenvalue weighted by atomic mass is 35.5. The van der Waals surface area contributed by atoms with E-state index in [0.29, 0.717) is 6.54 Å². The molecule has 0 aliphatic heterocycles. The number of hydrogen-bond acceptors (Lipinski definition) is 1. The summed E-state index contributed by atoms with van der Waals surface area (Å²) in [7, 11) is 0. The van der Waals surface area contributed by atoms with Crippen molar-refractivity contribution >= 4 is 28.2 Å². The molecule has 0 fully saturated rings. The summed E-state index contributed by atoms with van der Waals surface area (Å²) in [4.78, 5) is 3.30. The van der Waals surface area contributed by atoms with Crippen LogP contribution in [-0.4, -0.2) is 4.98 Å². The number of hydrogen-bond donors (Lipinski definition) is 2. The van der Waals surface area contributed by atoms with E-state index in [-0.39, 0.29) is 5.82 Å². The number of anilines is 1. The van der Waals surface area contributed by atoms with Crippen molar-refractivity contribution in [3.63, 3.8) is 0 Å². The zero-order valence-electron chi connectivity index (χ0n) is 11.0. The lowest BCUT2D eigenvalue weighted by atomic mass is 10.2. The molecule has 2 nitrogen and oxygen atoms in total. The predicted octanol–water partition coefficient (Wildman–Crippen LogP) is 4.88. The molecular formula is C16H14ClFN2. The second kappa shape index (κ2) is 5.17. The molecule has 1 aromatic heterocycles. The summed E-state index contributed by atoms with van der Waals surface area (Å²) in [6.45, 7) is 2.44. The summed E-state index contributed by atoms with van der Waals surface area (Å²) in [5, 5.41) is 5.02. The number of rotatable bonds is 3. The highest BCUT2D eigenvalue weighted by Gasteiger charge is 2.09. The van der Waals surface area contributed by atoms with Gasteiger partial charge < -0.3 is 10.3 Å². The zero-order valence-corrected chi connectivity index (χ0v) is 11.8. The Kier molecular flexibility index (Phi) is 3.36. The number of fused-ring (bicyclic) bond motifs is 1. The summed E-state index contributed by atoms with van der Waals surface area (Å²) in [6, 6.07) is 12.6. The Bertz CT molecular complexity index is 764. The molecule has 20 heavy (non-hydrogen) atoms. The number of halogens is 2. The lowest BCUT2D eigenvalue weighted by Gasteiger charge is -2.09. The zero-order chi connectivity index (χ0) is 14.1. The summed E-state index contributed by atoms with van der Waals surface area (Å²) in [5.41, 5.74) is 3.72. The van der Waals surface area contributed by atoms with Gasteiger partial charge in [-0.1, -0.05) is 29.8 Å². The summed E-state index contributed by atoms with van der Waals surface area (Å²) < 4.78 is 13.1. The van der Waals surface area contributed by atoms with E-state index in [2.05, 4.69) is 10.3 Å². The summed E-state index contributed by atoms with van der Waals surface area (Å²) in [5.74, 6) is -0.225. The minimum Gasteiger partial charge on any atom is -0.379 e. The quantitative estimate of drug-likeness (QED) is 0.706. The molecule has 0 bridgehead atoms. The Morgan fingerprint density at radius 1 is 1.20 bits per heavy atom. The molecule has 0 unspecified atom stereocenters. The largest absolute Gasteiger partial charge is 0.379 e. The minimum absolute atomic E-state index is 0.225. The third-order valence-electron chi connectivity index (χ3n) is 3.36. The number of H-pyrrole nitrogens is 1. The van der Waals surface area contributed by atoms with Crippen molar-refractivity contribution < 1.29 is 4.39 Å². The summed E-state index contributed by atoms with van der Waals surface area (Å²) >= 11 is 6.36. The van der Waals surface area contributed by atoms with Gasteiger partial charge in [0.2, 0.25) is 0 Å². The molecule has 0 aliphatic rings. The van der Waals surface area contributed by atoms with Gasteiger partial charge in [-0.2, -0.15) is 0 Å². The van der Waals surface area contributed by atoms with Crippen LogP contribution in [0.15, 0.2) is 42.5 Å². The van der Waals surface area contributed by atoms with Gasteiger partial charge in [-0.25, -0.2) is 4.39 Å². The van der Waals surface area contributed by atoms with E-state index in [1.165, 1.54) is 12.1 Å². The van der Waals surface area contributed by atoms with Crippen molar-refractivity contribution in [2.24, 2.45) is 0 Å². The first-order valence-electron chi connectivity index (χ1n) is 6.40. The molecule has 0 amide bonds. The minimum atomic E-state index is -0.225. The molecule has 0 saturated heterocycles. The smallest absolute Gasteiger partial charge is 0.123 e. The first kappa shape index (κ1) is 13.0. The maximum Gasteiger partial charge on any atom is 0.123 e. The number of benzene rings is 2. The monoisotopic (exact) mass is 288 g/mol. The van der Waals surface area contributed by atoms with Gasteiger partial charge in [-0.05, 0) is 36.8 Å². The maximum absolute atomic E-state index is 13.1. The van der Waals surface area contributed by atoms with Crippen LogP contribution < -0.4 is 5.32 Å². The number of nitrogens with one attached hydrogen (secondary N) is 2. The molecule has 1 heterocycles. The molecule has 2 N–H and O–H groups in total. The molecule has 0 spiro atoms.